The number of hydrogen-bond donors (Lipinski definition) is 1. The van der Waals surface area contributed by atoms with Crippen LogP contribution in [0.4, 0.5) is 0 Å². The minimum atomic E-state index is 0.298. The summed E-state index contributed by atoms with van der Waals surface area (Å²) in [6.07, 6.45) is 2.83. The fraction of sp³-hybridized carbons (Fsp3) is 1.00. The lowest BCUT2D eigenvalue weighted by molar-refractivity contribution is 0.273. The molecule has 1 heterocycles. The summed E-state index contributed by atoms with van der Waals surface area (Å²) < 4.78 is 5.11. The average Bonchev–Trinajstić information content (AvgIpc) is 2.42. The predicted octanol–water partition coefficient (Wildman–Crippen LogP) is 0.546. The Kier molecular flexibility index (Phi) is 1.86. The molecule has 0 bridgehead atoms. The molecule has 2 heteroatoms. The van der Waals surface area contributed by atoms with Gasteiger partial charge >= 0.3 is 0 Å². The molecule has 0 aliphatic carbocycles. The van der Waals surface area contributed by atoms with Gasteiger partial charge in [0.05, 0.1) is 12.2 Å². The SMILES string of the molecule is CC1OC1CCCO. The van der Waals surface area contributed by atoms with Crippen molar-refractivity contribution in [3.63, 3.8) is 0 Å². The van der Waals surface area contributed by atoms with Gasteiger partial charge in [-0.05, 0) is 19.8 Å². The Labute approximate surface area is 49.5 Å². The van der Waals surface area contributed by atoms with Crippen molar-refractivity contribution in [3.05, 3.63) is 0 Å². The summed E-state index contributed by atoms with van der Waals surface area (Å²) in [7, 11) is 0. The molecule has 48 valence electrons. The smallest absolute Gasteiger partial charge is 0.0839 e. The van der Waals surface area contributed by atoms with Gasteiger partial charge in [0.25, 0.3) is 0 Å². The van der Waals surface area contributed by atoms with E-state index in [1.54, 1.807) is 0 Å². The van der Waals surface area contributed by atoms with Crippen LogP contribution in [0.5, 0.6) is 0 Å². The van der Waals surface area contributed by atoms with Crippen LogP contribution >= 0.6 is 0 Å². The number of aliphatic hydroxyl groups excluding tert-OH is 1. The van der Waals surface area contributed by atoms with Gasteiger partial charge in [-0.25, -0.2) is 0 Å². The average molecular weight is 116 g/mol. The van der Waals surface area contributed by atoms with Crippen molar-refractivity contribution in [1.82, 2.24) is 0 Å². The Morgan fingerprint density at radius 2 is 2.25 bits per heavy atom. The second kappa shape index (κ2) is 2.46. The Bertz CT molecular complexity index is 72.9. The van der Waals surface area contributed by atoms with Crippen molar-refractivity contribution in [3.8, 4) is 0 Å². The van der Waals surface area contributed by atoms with E-state index in [4.69, 9.17) is 9.84 Å². The van der Waals surface area contributed by atoms with Crippen LogP contribution in [0.1, 0.15) is 19.8 Å². The van der Waals surface area contributed by atoms with E-state index in [1.807, 2.05) is 0 Å². The molecule has 0 aromatic heterocycles. The highest BCUT2D eigenvalue weighted by molar-refractivity contribution is 4.79. The van der Waals surface area contributed by atoms with E-state index in [9.17, 15) is 0 Å². The van der Waals surface area contributed by atoms with Crippen LogP contribution in [-0.4, -0.2) is 23.9 Å². The van der Waals surface area contributed by atoms with Crippen molar-refractivity contribution in [2.75, 3.05) is 6.61 Å². The normalized spacial score (nSPS) is 35.2. The van der Waals surface area contributed by atoms with Crippen LogP contribution in [0.15, 0.2) is 0 Å². The quantitative estimate of drug-likeness (QED) is 0.546. The van der Waals surface area contributed by atoms with Gasteiger partial charge in [-0.15, -0.1) is 0 Å². The highest BCUT2D eigenvalue weighted by Gasteiger charge is 2.32. The van der Waals surface area contributed by atoms with E-state index in [1.165, 1.54) is 0 Å². The molecular weight excluding hydrogens is 104 g/mol. The van der Waals surface area contributed by atoms with E-state index in [0.717, 1.165) is 12.8 Å². The van der Waals surface area contributed by atoms with Crippen molar-refractivity contribution < 1.29 is 9.84 Å². The summed E-state index contributed by atoms with van der Waals surface area (Å²) in [5, 5.41) is 8.37. The first-order chi connectivity index (χ1) is 3.84. The lowest BCUT2D eigenvalue weighted by atomic mass is 10.2. The molecule has 1 aliphatic rings. The molecule has 1 aliphatic heterocycles. The number of epoxide rings is 1. The van der Waals surface area contributed by atoms with E-state index in [0.29, 0.717) is 18.8 Å². The molecule has 0 saturated carbocycles. The Morgan fingerprint density at radius 1 is 1.62 bits per heavy atom. The summed E-state index contributed by atoms with van der Waals surface area (Å²) in [6, 6.07) is 0. The monoisotopic (exact) mass is 116 g/mol. The number of rotatable bonds is 3. The van der Waals surface area contributed by atoms with Gasteiger partial charge in [0, 0.05) is 6.61 Å². The molecule has 1 N–H and O–H groups in total. The summed E-state index contributed by atoms with van der Waals surface area (Å²) in [5.41, 5.74) is 0. The van der Waals surface area contributed by atoms with Crippen LogP contribution in [0.2, 0.25) is 0 Å². The topological polar surface area (TPSA) is 32.8 Å². The van der Waals surface area contributed by atoms with Crippen molar-refractivity contribution >= 4 is 0 Å². The minimum absolute atomic E-state index is 0.298. The standard InChI is InChI=1S/C6H12O2/c1-5-6(8-5)3-2-4-7/h5-7H,2-4H2,1H3. The van der Waals surface area contributed by atoms with Gasteiger partial charge in [-0.2, -0.15) is 0 Å². The zero-order chi connectivity index (χ0) is 5.98. The van der Waals surface area contributed by atoms with Gasteiger partial charge in [0.15, 0.2) is 0 Å². The van der Waals surface area contributed by atoms with Crippen LogP contribution < -0.4 is 0 Å². The highest BCUT2D eigenvalue weighted by atomic mass is 16.6. The van der Waals surface area contributed by atoms with Gasteiger partial charge in [-0.1, -0.05) is 0 Å². The maximum absolute atomic E-state index is 8.37. The predicted molar refractivity (Wildman–Crippen MR) is 30.7 cm³/mol. The molecule has 0 amide bonds. The van der Waals surface area contributed by atoms with E-state index in [2.05, 4.69) is 6.92 Å². The lowest BCUT2D eigenvalue weighted by Gasteiger charge is -1.87. The van der Waals surface area contributed by atoms with Crippen molar-refractivity contribution in [2.24, 2.45) is 0 Å². The third-order valence-corrected chi connectivity index (χ3v) is 1.48. The molecule has 8 heavy (non-hydrogen) atoms. The summed E-state index contributed by atoms with van der Waals surface area (Å²) in [6.45, 7) is 2.36. The Balaban J connectivity index is 1.89. The number of ether oxygens (including phenoxy) is 1. The van der Waals surface area contributed by atoms with Crippen molar-refractivity contribution in [2.45, 2.75) is 32.0 Å². The molecule has 0 spiro atoms. The van der Waals surface area contributed by atoms with Gasteiger partial charge in [0.1, 0.15) is 0 Å². The zero-order valence-electron chi connectivity index (χ0n) is 5.13. The van der Waals surface area contributed by atoms with Gasteiger partial charge in [0.2, 0.25) is 0 Å². The Hall–Kier alpha value is -0.0800. The molecular formula is C6H12O2. The second-order valence-electron chi connectivity index (χ2n) is 2.25. The fourth-order valence-corrected chi connectivity index (χ4v) is 0.826. The Morgan fingerprint density at radius 3 is 2.62 bits per heavy atom. The molecule has 2 atom stereocenters. The first-order valence-electron chi connectivity index (χ1n) is 3.11. The van der Waals surface area contributed by atoms with E-state index in [-0.39, 0.29) is 0 Å². The third-order valence-electron chi connectivity index (χ3n) is 1.48. The highest BCUT2D eigenvalue weighted by Crippen LogP contribution is 2.24. The van der Waals surface area contributed by atoms with Gasteiger partial charge < -0.3 is 9.84 Å². The molecule has 0 aromatic rings. The lowest BCUT2D eigenvalue weighted by Crippen LogP contribution is -1.91. The molecule has 2 unspecified atom stereocenters. The van der Waals surface area contributed by atoms with E-state index < -0.39 is 0 Å². The van der Waals surface area contributed by atoms with Crippen LogP contribution in [0, 0.1) is 0 Å². The number of hydrogen-bond acceptors (Lipinski definition) is 2. The van der Waals surface area contributed by atoms with Crippen LogP contribution in [0.25, 0.3) is 0 Å². The molecule has 2 nitrogen and oxygen atoms in total. The zero-order valence-corrected chi connectivity index (χ0v) is 5.13. The van der Waals surface area contributed by atoms with Crippen molar-refractivity contribution in [1.29, 1.82) is 0 Å². The van der Waals surface area contributed by atoms with E-state index >= 15 is 0 Å². The first-order valence-corrected chi connectivity index (χ1v) is 3.11. The summed E-state index contributed by atoms with van der Waals surface area (Å²) >= 11 is 0. The molecule has 1 saturated heterocycles. The molecule has 1 rings (SSSR count). The number of aliphatic hydroxyl groups is 1. The maximum atomic E-state index is 8.37. The van der Waals surface area contributed by atoms with Crippen LogP contribution in [-0.2, 0) is 4.74 Å². The third kappa shape index (κ3) is 1.46. The summed E-state index contributed by atoms with van der Waals surface area (Å²) in [5.74, 6) is 0. The first kappa shape index (κ1) is 6.05. The minimum Gasteiger partial charge on any atom is -0.396 e. The summed E-state index contributed by atoms with van der Waals surface area (Å²) in [4.78, 5) is 0. The molecule has 0 radical (unpaired) electrons. The maximum Gasteiger partial charge on any atom is 0.0839 e. The largest absolute Gasteiger partial charge is 0.396 e. The second-order valence-corrected chi connectivity index (χ2v) is 2.25. The molecule has 0 aromatic carbocycles. The van der Waals surface area contributed by atoms with Gasteiger partial charge in [-0.3, -0.25) is 0 Å². The molecule has 1 fully saturated rings. The van der Waals surface area contributed by atoms with Crippen LogP contribution in [0.3, 0.4) is 0 Å². The fourth-order valence-electron chi connectivity index (χ4n) is 0.826.